The molecule has 0 N–H and O–H groups in total. The number of furan rings is 1. The average molecular weight is 775 g/mol. The van der Waals surface area contributed by atoms with Crippen LogP contribution in [-0.4, -0.2) is 15.0 Å². The van der Waals surface area contributed by atoms with Crippen LogP contribution in [0, 0.1) is 32.8 Å². The summed E-state index contributed by atoms with van der Waals surface area (Å²) in [6, 6.07) is 20.2. The molecule has 1 radical (unpaired) electrons. The van der Waals surface area contributed by atoms with E-state index in [1.165, 1.54) is 73.6 Å². The normalized spacial score (nSPS) is 17.2. The maximum absolute atomic E-state index is 8.14. The zero-order valence-corrected chi connectivity index (χ0v) is 28.1. The first kappa shape index (κ1) is 25.5. The quantitative estimate of drug-likeness (QED) is 0.167. The van der Waals surface area contributed by atoms with Gasteiger partial charge in [-0.05, 0) is 97.9 Å². The second-order valence-corrected chi connectivity index (χ2v) is 12.2. The molecule has 8 rings (SSSR count). The molecule has 4 heterocycles. The van der Waals surface area contributed by atoms with Crippen LogP contribution in [0.1, 0.15) is 97.9 Å². The number of aromatic nitrogens is 3. The summed E-state index contributed by atoms with van der Waals surface area (Å²) in [5, 5.41) is 1.76. The molecule has 6 aromatic rings. The van der Waals surface area contributed by atoms with Gasteiger partial charge >= 0.3 is 0 Å². The molecule has 0 bridgehead atoms. The maximum Gasteiger partial charge on any atom is 0.215 e. The van der Waals surface area contributed by atoms with E-state index in [-0.39, 0.29) is 43.4 Å². The molecular formula is C40H39IrN3O-2. The maximum atomic E-state index is 8.14. The van der Waals surface area contributed by atoms with Crippen LogP contribution in [-0.2, 0) is 20.1 Å². The second-order valence-electron chi connectivity index (χ2n) is 12.2. The Morgan fingerprint density at radius 3 is 2.38 bits per heavy atom. The molecule has 2 fully saturated rings. The molecular weight excluding hydrogens is 731 g/mol. The molecule has 4 nitrogen and oxygen atoms in total. The first-order chi connectivity index (χ1) is 23.6. The molecule has 0 unspecified atom stereocenters. The van der Waals surface area contributed by atoms with Crippen molar-refractivity contribution < 1.29 is 31.4 Å². The predicted octanol–water partition coefficient (Wildman–Crippen LogP) is 10.6. The predicted molar refractivity (Wildman–Crippen MR) is 179 cm³/mol. The fourth-order valence-corrected chi connectivity index (χ4v) is 6.90. The molecule has 5 heteroatoms. The minimum Gasteiger partial charge on any atom is -0.458 e. The van der Waals surface area contributed by atoms with Crippen molar-refractivity contribution in [2.75, 3.05) is 0 Å². The van der Waals surface area contributed by atoms with Gasteiger partial charge in [-0.2, -0.15) is 0 Å². The number of benzene rings is 2. The van der Waals surface area contributed by atoms with Crippen molar-refractivity contribution >= 4 is 22.1 Å². The monoisotopic (exact) mass is 775 g/mol. The number of fused-ring (bicyclic) bond motifs is 3. The third kappa shape index (κ3) is 6.66. The molecule has 2 saturated carbocycles. The molecule has 0 spiro atoms. The van der Waals surface area contributed by atoms with Crippen LogP contribution in [0.5, 0.6) is 0 Å². The van der Waals surface area contributed by atoms with E-state index in [1.54, 1.807) is 18.3 Å². The van der Waals surface area contributed by atoms with Crippen molar-refractivity contribution in [1.82, 2.24) is 15.0 Å². The number of pyridine rings is 3. The molecule has 4 aromatic heterocycles. The van der Waals surface area contributed by atoms with E-state index in [0.717, 1.165) is 40.1 Å². The fraction of sp³-hybridized carbons (Fsp3) is 0.325. The molecule has 2 aliphatic carbocycles. The van der Waals surface area contributed by atoms with Gasteiger partial charge in [0.15, 0.2) is 0 Å². The Hall–Kier alpha value is -3.66. The number of hydrogen-bond acceptors (Lipinski definition) is 4. The summed E-state index contributed by atoms with van der Waals surface area (Å²) >= 11 is 0. The largest absolute Gasteiger partial charge is 0.458 e. The Kier molecular flexibility index (Phi) is 7.81. The van der Waals surface area contributed by atoms with Crippen LogP contribution < -0.4 is 0 Å². The van der Waals surface area contributed by atoms with E-state index in [4.69, 9.17) is 16.3 Å². The summed E-state index contributed by atoms with van der Waals surface area (Å²) in [6.07, 6.45) is 15.8. The summed E-state index contributed by atoms with van der Waals surface area (Å²) in [5.41, 5.74) is 9.18. The first-order valence-corrected chi connectivity index (χ1v) is 15.7. The van der Waals surface area contributed by atoms with Gasteiger partial charge in [0, 0.05) is 48.2 Å². The van der Waals surface area contributed by atoms with Crippen LogP contribution in [0.2, 0.25) is 0 Å². The van der Waals surface area contributed by atoms with Crippen molar-refractivity contribution in [2.24, 2.45) is 0 Å². The van der Waals surface area contributed by atoms with Gasteiger partial charge in [-0.3, -0.25) is 0 Å². The zero-order chi connectivity index (χ0) is 34.3. The molecule has 0 amide bonds. The van der Waals surface area contributed by atoms with Crippen LogP contribution >= 0.6 is 0 Å². The number of nitrogens with zero attached hydrogens (tertiary/aromatic N) is 3. The Labute approximate surface area is 287 Å². The van der Waals surface area contributed by atoms with Crippen LogP contribution in [0.15, 0.2) is 77.6 Å². The van der Waals surface area contributed by atoms with E-state index >= 15 is 0 Å². The molecule has 45 heavy (non-hydrogen) atoms. The molecule has 0 saturated heterocycles. The van der Waals surface area contributed by atoms with Gasteiger partial charge in [-0.15, -0.1) is 53.1 Å². The molecule has 2 aromatic carbocycles. The van der Waals surface area contributed by atoms with Gasteiger partial charge in [0.05, 0.1) is 8.32 Å². The van der Waals surface area contributed by atoms with E-state index in [1.807, 2.05) is 13.0 Å². The van der Waals surface area contributed by atoms with Crippen LogP contribution in [0.25, 0.3) is 44.6 Å². The number of hydrogen-bond donors (Lipinski definition) is 0. The van der Waals surface area contributed by atoms with Gasteiger partial charge in [0.25, 0.3) is 0 Å². The average Bonchev–Trinajstić information content (AvgIpc) is 3.88. The minimum absolute atomic E-state index is 0. The molecule has 0 atom stereocenters. The topological polar surface area (TPSA) is 51.8 Å². The summed E-state index contributed by atoms with van der Waals surface area (Å²) in [4.78, 5) is 13.0. The van der Waals surface area contributed by atoms with E-state index < -0.39 is 6.85 Å². The summed E-state index contributed by atoms with van der Waals surface area (Å²) in [5.74, 6) is 1.50. The van der Waals surface area contributed by atoms with E-state index in [9.17, 15) is 0 Å². The van der Waals surface area contributed by atoms with Gasteiger partial charge < -0.3 is 14.4 Å². The summed E-state index contributed by atoms with van der Waals surface area (Å²) in [7, 11) is 0. The standard InChI is InChI=1S/C22H26N.C18H13N2O.Ir/c1-16-15-23-22(14-21(16)18-9-4-5-10-18)20-12-6-11-19(13-20)17-7-2-3-8-17;1-11-3-6-15(20-10-11)13-4-5-14-16(9-13)21-18-17(14)12(2)7-8-19-18;/h6,11,13-15,17-18H,2-5,7-10H2,1H3;3,5-10H,1-2H3;/q2*-1;/i;1D3,3D,6D;. The van der Waals surface area contributed by atoms with Crippen molar-refractivity contribution in [3.8, 4) is 22.5 Å². The minimum atomic E-state index is -2.48. The Morgan fingerprint density at radius 2 is 1.58 bits per heavy atom. The van der Waals surface area contributed by atoms with E-state index in [0.29, 0.717) is 16.9 Å². The Balaban J connectivity index is 0.000000171. The van der Waals surface area contributed by atoms with Gasteiger partial charge in [0.1, 0.15) is 0 Å². The van der Waals surface area contributed by atoms with Crippen molar-refractivity contribution in [3.05, 3.63) is 113 Å². The Morgan fingerprint density at radius 1 is 0.822 bits per heavy atom. The molecule has 231 valence electrons. The van der Waals surface area contributed by atoms with E-state index in [2.05, 4.69) is 59.5 Å². The molecule has 0 aliphatic heterocycles. The van der Waals surface area contributed by atoms with Crippen LogP contribution in [0.4, 0.5) is 0 Å². The van der Waals surface area contributed by atoms with Gasteiger partial charge in [0.2, 0.25) is 5.71 Å². The fourth-order valence-electron chi connectivity index (χ4n) is 6.90. The van der Waals surface area contributed by atoms with Crippen molar-refractivity contribution in [3.63, 3.8) is 0 Å². The van der Waals surface area contributed by atoms with Crippen LogP contribution in [0.3, 0.4) is 0 Å². The third-order valence-electron chi connectivity index (χ3n) is 9.27. The second kappa shape index (κ2) is 13.8. The van der Waals surface area contributed by atoms with Gasteiger partial charge in [-0.1, -0.05) is 55.3 Å². The summed E-state index contributed by atoms with van der Waals surface area (Å²) < 4.78 is 44.2. The SMILES string of the molecule is Cc1cnc(-c2[c-]ccc(C3CCCC3)c2)cc1C1CCCC1.[2H]c1c(C([2H])([2H])[2H])cnc(-c2[c-]cc3c(c2)oc2nccc(C)c23)c1[2H].[Ir]. The third-order valence-corrected chi connectivity index (χ3v) is 9.27. The zero-order valence-electron chi connectivity index (χ0n) is 30.7. The number of aryl methyl sites for hydroxylation is 3. The number of rotatable bonds is 4. The van der Waals surface area contributed by atoms with Crippen molar-refractivity contribution in [2.45, 2.75) is 83.9 Å². The molecule has 2 aliphatic rings. The summed E-state index contributed by atoms with van der Waals surface area (Å²) in [6.45, 7) is 1.70. The van der Waals surface area contributed by atoms with Gasteiger partial charge in [-0.25, -0.2) is 4.98 Å². The smallest absolute Gasteiger partial charge is 0.215 e. The first-order valence-electron chi connectivity index (χ1n) is 18.2. The Bertz CT molecular complexity index is 2150. The van der Waals surface area contributed by atoms with Crippen molar-refractivity contribution in [1.29, 1.82) is 0 Å².